The van der Waals surface area contributed by atoms with E-state index in [-0.39, 0.29) is 6.10 Å². The van der Waals surface area contributed by atoms with Gasteiger partial charge in [0.15, 0.2) is 0 Å². The van der Waals surface area contributed by atoms with Crippen LogP contribution < -0.4 is 0 Å². The molecule has 68 valence electrons. The normalized spacial score (nSPS) is 37.4. The lowest BCUT2D eigenvalue weighted by Crippen LogP contribution is -2.25. The van der Waals surface area contributed by atoms with E-state index in [0.29, 0.717) is 5.92 Å². The van der Waals surface area contributed by atoms with Crippen molar-refractivity contribution in [2.75, 3.05) is 0 Å². The molecule has 0 aliphatic heterocycles. The molecule has 1 aliphatic rings. The summed E-state index contributed by atoms with van der Waals surface area (Å²) in [5, 5.41) is 9.30. The van der Waals surface area contributed by atoms with Gasteiger partial charge in [-0.15, -0.1) is 0 Å². The van der Waals surface area contributed by atoms with Crippen LogP contribution >= 0.6 is 0 Å². The van der Waals surface area contributed by atoms with Crippen LogP contribution in [0.4, 0.5) is 0 Å². The van der Waals surface area contributed by atoms with Crippen molar-refractivity contribution in [2.24, 2.45) is 11.8 Å². The molecule has 3 atom stereocenters. The fourth-order valence-corrected chi connectivity index (χ4v) is 1.65. The zero-order chi connectivity index (χ0) is 8.85. The monoisotopic (exact) mass is 158 g/mol. The van der Waals surface area contributed by atoms with Gasteiger partial charge in [-0.05, 0) is 31.1 Å². The molecule has 1 rings (SSSR count). The number of hydrogen-bond acceptors (Lipinski definition) is 1. The van der Waals surface area contributed by atoms with Crippen LogP contribution in [0.2, 0.25) is 0 Å². The summed E-state index contributed by atoms with van der Waals surface area (Å²) in [4.78, 5) is 0. The maximum absolute atomic E-state index is 9.30. The second kappa shape index (κ2) is 5.59. The lowest BCUT2D eigenvalue weighted by atomic mass is 9.81. The molecule has 0 radical (unpaired) electrons. The van der Waals surface area contributed by atoms with Crippen molar-refractivity contribution in [3.05, 3.63) is 0 Å². The van der Waals surface area contributed by atoms with E-state index in [4.69, 9.17) is 0 Å². The van der Waals surface area contributed by atoms with E-state index in [1.165, 1.54) is 12.8 Å². The maximum atomic E-state index is 9.30. The standard InChI is InChI=1S/C8H16O.C2H6/c1-6-3-4-8(9)7(2)5-6;1-2/h6-9H,3-5H2,1-2H3;1-2H3. The Morgan fingerprint density at radius 1 is 1.09 bits per heavy atom. The Balaban J connectivity index is 0.000000461. The molecule has 0 aromatic carbocycles. The van der Waals surface area contributed by atoms with Crippen LogP contribution in [0, 0.1) is 11.8 Å². The summed E-state index contributed by atoms with van der Waals surface area (Å²) in [5.74, 6) is 1.37. The highest BCUT2D eigenvalue weighted by atomic mass is 16.3. The molecule has 1 heteroatoms. The summed E-state index contributed by atoms with van der Waals surface area (Å²) in [6.45, 7) is 8.41. The van der Waals surface area contributed by atoms with Crippen molar-refractivity contribution in [2.45, 2.75) is 53.1 Å². The zero-order valence-corrected chi connectivity index (χ0v) is 8.30. The first-order valence-corrected chi connectivity index (χ1v) is 4.88. The van der Waals surface area contributed by atoms with E-state index in [2.05, 4.69) is 13.8 Å². The van der Waals surface area contributed by atoms with Gasteiger partial charge in [0.2, 0.25) is 0 Å². The van der Waals surface area contributed by atoms with Gasteiger partial charge in [0.05, 0.1) is 6.10 Å². The van der Waals surface area contributed by atoms with Crippen LogP contribution in [-0.2, 0) is 0 Å². The largest absolute Gasteiger partial charge is 0.393 e. The van der Waals surface area contributed by atoms with Gasteiger partial charge in [-0.1, -0.05) is 27.7 Å². The third-order valence-corrected chi connectivity index (χ3v) is 2.39. The molecule has 0 amide bonds. The SMILES string of the molecule is CC.CC1CCC(O)C(C)C1. The van der Waals surface area contributed by atoms with Gasteiger partial charge >= 0.3 is 0 Å². The maximum Gasteiger partial charge on any atom is 0.0566 e. The molecule has 0 aromatic heterocycles. The lowest BCUT2D eigenvalue weighted by Gasteiger charge is -2.28. The van der Waals surface area contributed by atoms with Crippen LogP contribution in [0.15, 0.2) is 0 Å². The van der Waals surface area contributed by atoms with Crippen LogP contribution in [0.5, 0.6) is 0 Å². The molecule has 1 saturated carbocycles. The van der Waals surface area contributed by atoms with E-state index in [1.54, 1.807) is 0 Å². The highest BCUT2D eigenvalue weighted by molar-refractivity contribution is 4.74. The van der Waals surface area contributed by atoms with Gasteiger partial charge < -0.3 is 5.11 Å². The van der Waals surface area contributed by atoms with Crippen LogP contribution in [0.25, 0.3) is 0 Å². The second-order valence-corrected chi connectivity index (χ2v) is 3.46. The van der Waals surface area contributed by atoms with Gasteiger partial charge in [-0.25, -0.2) is 0 Å². The minimum absolute atomic E-state index is 0.0128. The molecule has 1 fully saturated rings. The van der Waals surface area contributed by atoms with Crippen molar-refractivity contribution in [3.63, 3.8) is 0 Å². The molecule has 0 aromatic rings. The van der Waals surface area contributed by atoms with Crippen molar-refractivity contribution in [3.8, 4) is 0 Å². The molecule has 1 aliphatic carbocycles. The fourth-order valence-electron chi connectivity index (χ4n) is 1.65. The molecule has 3 unspecified atom stereocenters. The van der Waals surface area contributed by atoms with Gasteiger partial charge in [-0.3, -0.25) is 0 Å². The van der Waals surface area contributed by atoms with Crippen molar-refractivity contribution in [1.29, 1.82) is 0 Å². The van der Waals surface area contributed by atoms with Gasteiger partial charge in [0.1, 0.15) is 0 Å². The van der Waals surface area contributed by atoms with Crippen LogP contribution in [-0.4, -0.2) is 11.2 Å². The molecular weight excluding hydrogens is 136 g/mol. The second-order valence-electron chi connectivity index (χ2n) is 3.46. The molecule has 0 spiro atoms. The quantitative estimate of drug-likeness (QED) is 0.574. The average Bonchev–Trinajstić information content (AvgIpc) is 2.02. The van der Waals surface area contributed by atoms with Gasteiger partial charge in [-0.2, -0.15) is 0 Å². The number of hydrogen-bond donors (Lipinski definition) is 1. The first-order chi connectivity index (χ1) is 5.20. The molecule has 0 saturated heterocycles. The number of aliphatic hydroxyl groups is 1. The average molecular weight is 158 g/mol. The third-order valence-electron chi connectivity index (χ3n) is 2.39. The van der Waals surface area contributed by atoms with Gasteiger partial charge in [0.25, 0.3) is 0 Å². The summed E-state index contributed by atoms with van der Waals surface area (Å²) in [6.07, 6.45) is 3.43. The van der Waals surface area contributed by atoms with Crippen molar-refractivity contribution >= 4 is 0 Å². The molecule has 11 heavy (non-hydrogen) atoms. The predicted octanol–water partition coefficient (Wildman–Crippen LogP) is 2.83. The summed E-state index contributed by atoms with van der Waals surface area (Å²) in [7, 11) is 0. The highest BCUT2D eigenvalue weighted by Crippen LogP contribution is 2.28. The molecule has 0 bridgehead atoms. The number of rotatable bonds is 0. The Morgan fingerprint density at radius 3 is 2.00 bits per heavy atom. The van der Waals surface area contributed by atoms with Crippen molar-refractivity contribution < 1.29 is 5.11 Å². The summed E-state index contributed by atoms with van der Waals surface area (Å²) in [6, 6.07) is 0. The summed E-state index contributed by atoms with van der Waals surface area (Å²) >= 11 is 0. The van der Waals surface area contributed by atoms with Gasteiger partial charge in [0, 0.05) is 0 Å². The summed E-state index contributed by atoms with van der Waals surface area (Å²) < 4.78 is 0. The Morgan fingerprint density at radius 2 is 1.64 bits per heavy atom. The topological polar surface area (TPSA) is 20.2 Å². The number of aliphatic hydroxyl groups excluding tert-OH is 1. The van der Waals surface area contributed by atoms with E-state index in [9.17, 15) is 5.11 Å². The predicted molar refractivity (Wildman–Crippen MR) is 49.5 cm³/mol. The Hall–Kier alpha value is -0.0400. The Bertz CT molecular complexity index is 90.9. The van der Waals surface area contributed by atoms with Crippen molar-refractivity contribution in [1.82, 2.24) is 0 Å². The highest BCUT2D eigenvalue weighted by Gasteiger charge is 2.22. The molecule has 1 nitrogen and oxygen atoms in total. The summed E-state index contributed by atoms with van der Waals surface area (Å²) in [5.41, 5.74) is 0. The lowest BCUT2D eigenvalue weighted by molar-refractivity contribution is 0.0611. The van der Waals surface area contributed by atoms with Crippen LogP contribution in [0.1, 0.15) is 47.0 Å². The molecule has 0 heterocycles. The first kappa shape index (κ1) is 11.0. The zero-order valence-electron chi connectivity index (χ0n) is 8.30. The van der Waals surface area contributed by atoms with Crippen LogP contribution in [0.3, 0.4) is 0 Å². The molecular formula is C10H22O. The fraction of sp³-hybridized carbons (Fsp3) is 1.00. The molecule has 1 N–H and O–H groups in total. The smallest absolute Gasteiger partial charge is 0.0566 e. The third kappa shape index (κ3) is 3.76. The van der Waals surface area contributed by atoms with E-state index >= 15 is 0 Å². The minimum Gasteiger partial charge on any atom is -0.393 e. The first-order valence-electron chi connectivity index (χ1n) is 4.88. The Kier molecular flexibility index (Phi) is 5.57. The Labute approximate surface area is 70.8 Å². The minimum atomic E-state index is -0.0128. The van der Waals surface area contributed by atoms with E-state index in [1.807, 2.05) is 13.8 Å². The van der Waals surface area contributed by atoms with E-state index < -0.39 is 0 Å². The van der Waals surface area contributed by atoms with E-state index in [0.717, 1.165) is 12.3 Å².